The van der Waals surface area contributed by atoms with Crippen LogP contribution in [0.5, 0.6) is 0 Å². The van der Waals surface area contributed by atoms with E-state index in [0.29, 0.717) is 19.3 Å². The van der Waals surface area contributed by atoms with Crippen LogP contribution < -0.4 is 5.32 Å². The molecule has 0 aromatic carbocycles. The maximum absolute atomic E-state index is 12.4. The van der Waals surface area contributed by atoms with Gasteiger partial charge in [0.25, 0.3) is 0 Å². The van der Waals surface area contributed by atoms with Crippen molar-refractivity contribution in [2.24, 2.45) is 11.8 Å². The lowest BCUT2D eigenvalue weighted by molar-refractivity contribution is -0.137. The summed E-state index contributed by atoms with van der Waals surface area (Å²) < 4.78 is 5.32. The smallest absolute Gasteiger partial charge is 0.239 e. The van der Waals surface area contributed by atoms with Gasteiger partial charge in [-0.1, -0.05) is 26.7 Å². The van der Waals surface area contributed by atoms with Gasteiger partial charge >= 0.3 is 0 Å². The largest absolute Gasteiger partial charge is 0.378 e. The molecule has 0 spiro atoms. The summed E-state index contributed by atoms with van der Waals surface area (Å²) in [5.41, 5.74) is 0. The van der Waals surface area contributed by atoms with E-state index in [9.17, 15) is 4.79 Å². The third-order valence-electron chi connectivity index (χ3n) is 4.77. The van der Waals surface area contributed by atoms with Crippen LogP contribution in [0.25, 0.3) is 0 Å². The van der Waals surface area contributed by atoms with Gasteiger partial charge < -0.3 is 15.0 Å². The van der Waals surface area contributed by atoms with E-state index in [4.69, 9.17) is 4.74 Å². The van der Waals surface area contributed by atoms with Crippen LogP contribution in [0.2, 0.25) is 0 Å². The Morgan fingerprint density at radius 2 is 1.95 bits per heavy atom. The van der Waals surface area contributed by atoms with Crippen LogP contribution in [-0.2, 0) is 9.53 Å². The Hall–Kier alpha value is -0.610. The van der Waals surface area contributed by atoms with E-state index < -0.39 is 0 Å². The molecule has 2 rings (SSSR count). The van der Waals surface area contributed by atoms with Gasteiger partial charge in [-0.2, -0.15) is 0 Å². The van der Waals surface area contributed by atoms with Gasteiger partial charge in [0.05, 0.1) is 19.3 Å². The lowest BCUT2D eigenvalue weighted by atomic mass is 9.81. The van der Waals surface area contributed by atoms with Crippen molar-refractivity contribution < 1.29 is 9.53 Å². The fourth-order valence-corrected chi connectivity index (χ4v) is 3.81. The molecule has 0 bridgehead atoms. The van der Waals surface area contributed by atoms with Crippen LogP contribution in [0.3, 0.4) is 0 Å². The van der Waals surface area contributed by atoms with Crippen LogP contribution in [-0.4, -0.2) is 49.2 Å². The number of nitrogens with zero attached hydrogens (tertiary/aromatic N) is 1. The summed E-state index contributed by atoms with van der Waals surface area (Å²) in [6, 6.07) is 0.452. The molecule has 1 aliphatic carbocycles. The first-order chi connectivity index (χ1) is 10.1. The maximum atomic E-state index is 12.4. The van der Waals surface area contributed by atoms with Crippen LogP contribution in [0, 0.1) is 11.8 Å². The Labute approximate surface area is 129 Å². The minimum Gasteiger partial charge on any atom is -0.378 e. The molecule has 2 fully saturated rings. The zero-order valence-corrected chi connectivity index (χ0v) is 13.9. The number of morpholine rings is 1. The Morgan fingerprint density at radius 3 is 2.62 bits per heavy atom. The van der Waals surface area contributed by atoms with Crippen molar-refractivity contribution in [3.8, 4) is 0 Å². The second kappa shape index (κ2) is 8.14. The van der Waals surface area contributed by atoms with E-state index in [0.717, 1.165) is 24.9 Å². The van der Waals surface area contributed by atoms with Crippen molar-refractivity contribution in [1.82, 2.24) is 10.2 Å². The highest BCUT2D eigenvalue weighted by Gasteiger charge is 2.27. The highest BCUT2D eigenvalue weighted by atomic mass is 16.5. The van der Waals surface area contributed by atoms with Crippen molar-refractivity contribution in [3.05, 3.63) is 0 Å². The summed E-state index contributed by atoms with van der Waals surface area (Å²) in [6.07, 6.45) is 6.44. The van der Waals surface area contributed by atoms with E-state index in [1.807, 2.05) is 11.8 Å². The predicted octanol–water partition coefficient (Wildman–Crippen LogP) is 2.43. The molecular weight excluding hydrogens is 264 g/mol. The number of hydrogen-bond donors (Lipinski definition) is 1. The third kappa shape index (κ3) is 5.26. The molecule has 4 nitrogen and oxygen atoms in total. The highest BCUT2D eigenvalue weighted by molar-refractivity contribution is 5.81. The highest BCUT2D eigenvalue weighted by Crippen LogP contribution is 2.29. The van der Waals surface area contributed by atoms with Crippen LogP contribution >= 0.6 is 0 Å². The molecule has 1 saturated carbocycles. The molecule has 1 N–H and O–H groups in total. The lowest BCUT2D eigenvalue weighted by Crippen LogP contribution is -2.52. The van der Waals surface area contributed by atoms with E-state index in [1.54, 1.807) is 0 Å². The van der Waals surface area contributed by atoms with E-state index in [2.05, 4.69) is 19.2 Å². The van der Waals surface area contributed by atoms with Gasteiger partial charge in [0.2, 0.25) is 5.91 Å². The standard InChI is InChI=1S/C17H32N2O2/c1-13(2)11-15-5-4-6-16(12-15)18-14(3)17(20)19-7-9-21-10-8-19/h13-16,18H,4-12H2,1-3H3. The van der Waals surface area contributed by atoms with Gasteiger partial charge in [-0.3, -0.25) is 4.79 Å². The summed E-state index contributed by atoms with van der Waals surface area (Å²) in [5, 5.41) is 3.59. The van der Waals surface area contributed by atoms with E-state index in [1.165, 1.54) is 32.1 Å². The van der Waals surface area contributed by atoms with Gasteiger partial charge in [0.15, 0.2) is 0 Å². The quantitative estimate of drug-likeness (QED) is 0.847. The second-order valence-electron chi connectivity index (χ2n) is 7.19. The van der Waals surface area contributed by atoms with Crippen molar-refractivity contribution in [2.75, 3.05) is 26.3 Å². The topological polar surface area (TPSA) is 41.6 Å². The number of amides is 1. The van der Waals surface area contributed by atoms with Gasteiger partial charge in [-0.25, -0.2) is 0 Å². The molecule has 2 aliphatic rings. The molecule has 0 radical (unpaired) electrons. The van der Waals surface area contributed by atoms with E-state index >= 15 is 0 Å². The fraction of sp³-hybridized carbons (Fsp3) is 0.941. The number of nitrogens with one attached hydrogen (secondary N) is 1. The summed E-state index contributed by atoms with van der Waals surface area (Å²) in [6.45, 7) is 9.47. The fourth-order valence-electron chi connectivity index (χ4n) is 3.81. The molecule has 1 aliphatic heterocycles. The molecular formula is C17H32N2O2. The zero-order chi connectivity index (χ0) is 15.2. The Bertz CT molecular complexity index is 327. The van der Waals surface area contributed by atoms with Crippen molar-refractivity contribution >= 4 is 5.91 Å². The minimum absolute atomic E-state index is 0.0640. The molecule has 3 atom stereocenters. The van der Waals surface area contributed by atoms with Crippen LogP contribution in [0.1, 0.15) is 52.9 Å². The molecule has 0 aromatic rings. The number of ether oxygens (including phenoxy) is 1. The van der Waals surface area contributed by atoms with Gasteiger partial charge in [-0.05, 0) is 38.0 Å². The van der Waals surface area contributed by atoms with Crippen molar-refractivity contribution in [1.29, 1.82) is 0 Å². The Balaban J connectivity index is 1.78. The summed E-state index contributed by atoms with van der Waals surface area (Å²) in [4.78, 5) is 14.4. The summed E-state index contributed by atoms with van der Waals surface area (Å²) in [7, 11) is 0. The average molecular weight is 296 g/mol. The lowest BCUT2D eigenvalue weighted by Gasteiger charge is -2.34. The normalized spacial score (nSPS) is 28.7. The molecule has 1 amide bonds. The first kappa shape index (κ1) is 16.8. The average Bonchev–Trinajstić information content (AvgIpc) is 2.47. The first-order valence-electron chi connectivity index (χ1n) is 8.69. The Kier molecular flexibility index (Phi) is 6.49. The number of rotatable bonds is 5. The second-order valence-corrected chi connectivity index (χ2v) is 7.19. The molecule has 21 heavy (non-hydrogen) atoms. The van der Waals surface area contributed by atoms with Crippen LogP contribution in [0.4, 0.5) is 0 Å². The van der Waals surface area contributed by atoms with Gasteiger partial charge in [-0.15, -0.1) is 0 Å². The summed E-state index contributed by atoms with van der Waals surface area (Å²) in [5.74, 6) is 1.85. The van der Waals surface area contributed by atoms with Gasteiger partial charge in [0, 0.05) is 19.1 Å². The number of hydrogen-bond acceptors (Lipinski definition) is 3. The molecule has 4 heteroatoms. The maximum Gasteiger partial charge on any atom is 0.239 e. The van der Waals surface area contributed by atoms with Gasteiger partial charge in [0.1, 0.15) is 0 Å². The molecule has 3 unspecified atom stereocenters. The molecule has 0 aromatic heterocycles. The van der Waals surface area contributed by atoms with Crippen LogP contribution in [0.15, 0.2) is 0 Å². The molecule has 122 valence electrons. The first-order valence-corrected chi connectivity index (χ1v) is 8.69. The Morgan fingerprint density at radius 1 is 1.24 bits per heavy atom. The number of carbonyl (C=O) groups is 1. The third-order valence-corrected chi connectivity index (χ3v) is 4.77. The molecule has 1 heterocycles. The minimum atomic E-state index is -0.0640. The SMILES string of the molecule is CC(C)CC1CCCC(NC(C)C(=O)N2CCOCC2)C1. The van der Waals surface area contributed by atoms with Crippen molar-refractivity contribution in [2.45, 2.75) is 65.0 Å². The predicted molar refractivity (Wildman–Crippen MR) is 85.2 cm³/mol. The number of carbonyl (C=O) groups excluding carboxylic acids is 1. The molecule has 1 saturated heterocycles. The van der Waals surface area contributed by atoms with E-state index in [-0.39, 0.29) is 11.9 Å². The summed E-state index contributed by atoms with van der Waals surface area (Å²) >= 11 is 0. The van der Waals surface area contributed by atoms with Crippen molar-refractivity contribution in [3.63, 3.8) is 0 Å². The zero-order valence-electron chi connectivity index (χ0n) is 13.9. The monoisotopic (exact) mass is 296 g/mol.